The van der Waals surface area contributed by atoms with Crippen molar-refractivity contribution in [1.82, 2.24) is 20.1 Å². The Morgan fingerprint density at radius 2 is 1.90 bits per heavy atom. The van der Waals surface area contributed by atoms with Crippen LogP contribution in [0.3, 0.4) is 0 Å². The van der Waals surface area contributed by atoms with Gasteiger partial charge in [-0.25, -0.2) is 4.98 Å². The van der Waals surface area contributed by atoms with Crippen LogP contribution in [0.25, 0.3) is 11.1 Å². The number of piperidine rings is 1. The fraction of sp³-hybridized carbons (Fsp3) is 0.333. The molecule has 3 atom stereocenters. The number of carbonyl (C=O) groups is 1. The maximum absolute atomic E-state index is 12.3. The lowest BCUT2D eigenvalue weighted by atomic mass is 9.72. The van der Waals surface area contributed by atoms with Crippen LogP contribution < -0.4 is 5.32 Å². The Kier molecular flexibility index (Phi) is 5.15. The predicted molar refractivity (Wildman–Crippen MR) is 121 cm³/mol. The molecule has 3 heterocycles. The van der Waals surface area contributed by atoms with E-state index in [0.29, 0.717) is 18.0 Å². The molecule has 5 nitrogen and oxygen atoms in total. The van der Waals surface area contributed by atoms with Crippen molar-refractivity contribution in [1.29, 1.82) is 0 Å². The average Bonchev–Trinajstić information content (AvgIpc) is 3.30. The minimum atomic E-state index is 0.0311. The quantitative estimate of drug-likeness (QED) is 0.690. The zero-order chi connectivity index (χ0) is 20.7. The number of nitrogens with one attached hydrogen (secondary N) is 1. The molecule has 2 bridgehead atoms. The van der Waals surface area contributed by atoms with Crippen LogP contribution in [-0.4, -0.2) is 60.0 Å². The second kappa shape index (κ2) is 7.95. The number of thiazole rings is 1. The Labute approximate surface area is 181 Å². The first-order valence-electron chi connectivity index (χ1n) is 10.4. The van der Waals surface area contributed by atoms with Crippen molar-refractivity contribution in [3.63, 3.8) is 0 Å². The summed E-state index contributed by atoms with van der Waals surface area (Å²) in [6.45, 7) is 3.02. The summed E-state index contributed by atoms with van der Waals surface area (Å²) in [6.07, 6.45) is 1.89. The van der Waals surface area contributed by atoms with E-state index in [2.05, 4.69) is 50.9 Å². The van der Waals surface area contributed by atoms with E-state index in [1.165, 1.54) is 10.6 Å². The Morgan fingerprint density at radius 1 is 1.13 bits per heavy atom. The highest BCUT2D eigenvalue weighted by atomic mass is 32.1. The summed E-state index contributed by atoms with van der Waals surface area (Å²) < 4.78 is 0. The molecule has 1 aromatic heterocycles. The molecule has 0 spiro atoms. The number of amides is 1. The van der Waals surface area contributed by atoms with Crippen molar-refractivity contribution in [2.24, 2.45) is 0 Å². The molecule has 2 saturated heterocycles. The lowest BCUT2D eigenvalue weighted by Gasteiger charge is -2.59. The zero-order valence-corrected chi connectivity index (χ0v) is 18.1. The third kappa shape index (κ3) is 3.45. The number of nitrogens with zero attached hydrogens (tertiary/aromatic N) is 3. The van der Waals surface area contributed by atoms with Crippen molar-refractivity contribution >= 4 is 17.2 Å². The molecule has 0 radical (unpaired) electrons. The standard InChI is InChI=1S/C24H26N4OS/c1-27(2)24(29)19-5-3-4-18(12-19)16-6-8-17(9-7-16)23-20-13-25-14-21(23)28(20)15-22-26-10-11-30-22/h3-12,20-21,23,25H,13-15H2,1-2H3/t20-,21+,23?. The molecular weight excluding hydrogens is 392 g/mol. The minimum Gasteiger partial charge on any atom is -0.345 e. The molecule has 2 fully saturated rings. The maximum Gasteiger partial charge on any atom is 0.253 e. The molecule has 0 saturated carbocycles. The van der Waals surface area contributed by atoms with E-state index in [4.69, 9.17) is 0 Å². The average molecular weight is 419 g/mol. The number of likely N-dealkylation sites (tertiary alicyclic amines) is 1. The summed E-state index contributed by atoms with van der Waals surface area (Å²) in [5.41, 5.74) is 4.36. The summed E-state index contributed by atoms with van der Waals surface area (Å²) in [4.78, 5) is 21.0. The zero-order valence-electron chi connectivity index (χ0n) is 17.3. The van der Waals surface area contributed by atoms with Gasteiger partial charge in [-0.15, -0.1) is 11.3 Å². The molecule has 3 aromatic rings. The predicted octanol–water partition coefficient (Wildman–Crippen LogP) is 3.45. The van der Waals surface area contributed by atoms with Crippen LogP contribution in [0, 0.1) is 0 Å². The lowest BCUT2D eigenvalue weighted by Crippen LogP contribution is -2.72. The molecule has 1 N–H and O–H groups in total. The Morgan fingerprint density at radius 3 is 2.57 bits per heavy atom. The molecule has 1 amide bonds. The molecule has 2 aliphatic heterocycles. The molecule has 2 aromatic carbocycles. The van der Waals surface area contributed by atoms with Crippen LogP contribution in [0.5, 0.6) is 0 Å². The van der Waals surface area contributed by atoms with Crippen LogP contribution >= 0.6 is 11.3 Å². The monoisotopic (exact) mass is 418 g/mol. The molecule has 6 heteroatoms. The maximum atomic E-state index is 12.3. The van der Waals surface area contributed by atoms with E-state index in [1.54, 1.807) is 30.3 Å². The van der Waals surface area contributed by atoms with E-state index < -0.39 is 0 Å². The van der Waals surface area contributed by atoms with Gasteiger partial charge in [0.1, 0.15) is 5.01 Å². The van der Waals surface area contributed by atoms with Crippen LogP contribution in [0.4, 0.5) is 0 Å². The summed E-state index contributed by atoms with van der Waals surface area (Å²) in [5.74, 6) is 0.602. The lowest BCUT2D eigenvalue weighted by molar-refractivity contribution is -0.0483. The van der Waals surface area contributed by atoms with Gasteiger partial charge in [-0.05, 0) is 28.8 Å². The molecule has 30 heavy (non-hydrogen) atoms. The van der Waals surface area contributed by atoms with Gasteiger partial charge in [0.15, 0.2) is 0 Å². The van der Waals surface area contributed by atoms with E-state index in [0.717, 1.165) is 36.3 Å². The van der Waals surface area contributed by atoms with E-state index in [1.807, 2.05) is 24.4 Å². The van der Waals surface area contributed by atoms with Gasteiger partial charge >= 0.3 is 0 Å². The molecule has 0 aliphatic carbocycles. The van der Waals surface area contributed by atoms with Gasteiger partial charge in [0.05, 0.1) is 6.54 Å². The Balaban J connectivity index is 1.34. The first-order chi connectivity index (χ1) is 14.6. The Hall–Kier alpha value is -2.54. The minimum absolute atomic E-state index is 0.0311. The van der Waals surface area contributed by atoms with Crippen LogP contribution in [0.15, 0.2) is 60.1 Å². The number of hydrogen-bond acceptors (Lipinski definition) is 5. The molecule has 1 unspecified atom stereocenters. The second-order valence-electron chi connectivity index (χ2n) is 8.32. The normalized spacial score (nSPS) is 23.1. The topological polar surface area (TPSA) is 48.5 Å². The number of hydrogen-bond donors (Lipinski definition) is 1. The van der Waals surface area contributed by atoms with Gasteiger partial charge in [0.25, 0.3) is 5.91 Å². The van der Waals surface area contributed by atoms with Gasteiger partial charge in [0, 0.05) is 62.3 Å². The smallest absolute Gasteiger partial charge is 0.253 e. The fourth-order valence-corrected chi connectivity index (χ4v) is 5.46. The first kappa shape index (κ1) is 19.4. The van der Waals surface area contributed by atoms with Gasteiger partial charge in [-0.2, -0.15) is 0 Å². The summed E-state index contributed by atoms with van der Waals surface area (Å²) >= 11 is 1.74. The number of rotatable bonds is 5. The highest BCUT2D eigenvalue weighted by Gasteiger charge is 2.51. The van der Waals surface area contributed by atoms with Crippen molar-refractivity contribution in [2.45, 2.75) is 24.5 Å². The van der Waals surface area contributed by atoms with Crippen molar-refractivity contribution < 1.29 is 4.79 Å². The number of benzene rings is 2. The van der Waals surface area contributed by atoms with Crippen LogP contribution in [-0.2, 0) is 6.54 Å². The summed E-state index contributed by atoms with van der Waals surface area (Å²) in [6, 6.07) is 17.9. The number of piperazine rings is 1. The van der Waals surface area contributed by atoms with Gasteiger partial charge in [0.2, 0.25) is 0 Å². The van der Waals surface area contributed by atoms with E-state index in [9.17, 15) is 4.79 Å². The highest BCUT2D eigenvalue weighted by Crippen LogP contribution is 2.43. The largest absolute Gasteiger partial charge is 0.345 e. The van der Waals surface area contributed by atoms with Gasteiger partial charge in [-0.3, -0.25) is 9.69 Å². The number of carbonyl (C=O) groups excluding carboxylic acids is 1. The number of aromatic nitrogens is 1. The molecule has 154 valence electrons. The first-order valence-corrected chi connectivity index (χ1v) is 11.3. The fourth-order valence-electron chi connectivity index (χ4n) is 4.83. The molecule has 2 aliphatic rings. The van der Waals surface area contributed by atoms with Gasteiger partial charge < -0.3 is 10.2 Å². The number of fused-ring (bicyclic) bond motifs is 2. The van der Waals surface area contributed by atoms with Gasteiger partial charge in [-0.1, -0.05) is 36.4 Å². The van der Waals surface area contributed by atoms with Crippen molar-refractivity contribution in [2.75, 3.05) is 27.2 Å². The van der Waals surface area contributed by atoms with E-state index in [-0.39, 0.29) is 5.91 Å². The summed E-state index contributed by atoms with van der Waals surface area (Å²) in [7, 11) is 3.57. The SMILES string of the molecule is CN(C)C(=O)c1cccc(-c2ccc(C3[C@H]4CNC[C@@H]3N4Cc3nccs3)cc2)c1. The third-order valence-electron chi connectivity index (χ3n) is 6.33. The summed E-state index contributed by atoms with van der Waals surface area (Å²) in [5, 5.41) is 6.82. The molecule has 5 rings (SSSR count). The highest BCUT2D eigenvalue weighted by molar-refractivity contribution is 7.09. The second-order valence-corrected chi connectivity index (χ2v) is 9.30. The van der Waals surface area contributed by atoms with Crippen LogP contribution in [0.1, 0.15) is 26.8 Å². The Bertz CT molecular complexity index is 1020. The van der Waals surface area contributed by atoms with Crippen LogP contribution in [0.2, 0.25) is 0 Å². The van der Waals surface area contributed by atoms with Crippen molar-refractivity contribution in [3.05, 3.63) is 76.2 Å². The third-order valence-corrected chi connectivity index (χ3v) is 7.10. The van der Waals surface area contributed by atoms with E-state index >= 15 is 0 Å². The molecular formula is C24H26N4OS. The van der Waals surface area contributed by atoms with Crippen molar-refractivity contribution in [3.8, 4) is 11.1 Å².